The van der Waals surface area contributed by atoms with Gasteiger partial charge in [-0.25, -0.2) is 0 Å². The van der Waals surface area contributed by atoms with Crippen molar-refractivity contribution in [3.8, 4) is 11.5 Å². The summed E-state index contributed by atoms with van der Waals surface area (Å²) in [4.78, 5) is 24.6. The molecule has 3 aromatic rings. The van der Waals surface area contributed by atoms with Gasteiger partial charge in [-0.15, -0.1) is 0 Å². The number of amides is 1. The predicted molar refractivity (Wildman–Crippen MR) is 109 cm³/mol. The Balaban J connectivity index is 1.31. The van der Waals surface area contributed by atoms with Gasteiger partial charge in [-0.3, -0.25) is 13.5 Å². The van der Waals surface area contributed by atoms with Gasteiger partial charge >= 0.3 is 0 Å². The number of rotatable bonds is 6. The maximum atomic E-state index is 12.3. The van der Waals surface area contributed by atoms with Gasteiger partial charge in [0, 0.05) is 13.0 Å². The number of ether oxygens (including phenoxy) is 2. The third kappa shape index (κ3) is 3.89. The molecule has 4 rings (SSSR count). The molecular weight excluding hydrogens is 376 g/mol. The second kappa shape index (κ2) is 8.06. The van der Waals surface area contributed by atoms with Crippen LogP contribution in [-0.2, 0) is 11.3 Å². The van der Waals surface area contributed by atoms with E-state index < -0.39 is 0 Å². The van der Waals surface area contributed by atoms with E-state index in [-0.39, 0.29) is 17.5 Å². The van der Waals surface area contributed by atoms with Gasteiger partial charge in [0.15, 0.2) is 11.5 Å². The number of aromatic nitrogens is 1. The fourth-order valence-electron chi connectivity index (χ4n) is 3.27. The number of hydrogen-bond acceptors (Lipinski definition) is 5. The zero-order chi connectivity index (χ0) is 19.5. The van der Waals surface area contributed by atoms with Gasteiger partial charge in [0.2, 0.25) is 5.91 Å². The van der Waals surface area contributed by atoms with Crippen molar-refractivity contribution >= 4 is 27.5 Å². The second-order valence-corrected chi connectivity index (χ2v) is 7.85. The van der Waals surface area contributed by atoms with Crippen molar-refractivity contribution < 1.29 is 14.3 Å². The second-order valence-electron chi connectivity index (χ2n) is 6.79. The van der Waals surface area contributed by atoms with E-state index in [2.05, 4.69) is 5.32 Å². The first-order valence-corrected chi connectivity index (χ1v) is 10.2. The number of nitrogens with zero attached hydrogens (tertiary/aromatic N) is 1. The van der Waals surface area contributed by atoms with E-state index in [0.29, 0.717) is 38.3 Å². The lowest BCUT2D eigenvalue weighted by atomic mass is 10.1. The van der Waals surface area contributed by atoms with Gasteiger partial charge in [0.1, 0.15) is 13.2 Å². The molecule has 1 aromatic heterocycles. The van der Waals surface area contributed by atoms with Crippen LogP contribution in [0.4, 0.5) is 0 Å². The van der Waals surface area contributed by atoms with Crippen molar-refractivity contribution in [2.45, 2.75) is 32.4 Å². The third-order valence-corrected chi connectivity index (χ3v) is 5.88. The minimum atomic E-state index is -0.129. The lowest BCUT2D eigenvalue weighted by Gasteiger charge is -2.21. The molecule has 0 fully saturated rings. The molecule has 2 aromatic carbocycles. The van der Waals surface area contributed by atoms with E-state index in [1.807, 2.05) is 49.4 Å². The van der Waals surface area contributed by atoms with Crippen LogP contribution in [0.15, 0.2) is 47.3 Å². The molecule has 2 heterocycles. The zero-order valence-electron chi connectivity index (χ0n) is 15.6. The molecule has 28 heavy (non-hydrogen) atoms. The molecule has 0 saturated carbocycles. The van der Waals surface area contributed by atoms with Crippen LogP contribution in [0.3, 0.4) is 0 Å². The SMILES string of the molecule is C[C@@H](NC(=O)CCCn1sc2ccccc2c1=O)c1ccc2c(c1)OCCO2. The maximum absolute atomic E-state index is 12.3. The molecule has 0 bridgehead atoms. The van der Waals surface area contributed by atoms with Gasteiger partial charge in [0.05, 0.1) is 16.1 Å². The number of carbonyl (C=O) groups is 1. The molecule has 1 atom stereocenters. The van der Waals surface area contributed by atoms with E-state index in [9.17, 15) is 9.59 Å². The van der Waals surface area contributed by atoms with Crippen LogP contribution in [0.25, 0.3) is 10.1 Å². The van der Waals surface area contributed by atoms with Gasteiger partial charge < -0.3 is 14.8 Å². The average Bonchev–Trinajstić information content (AvgIpc) is 3.03. The van der Waals surface area contributed by atoms with E-state index in [0.717, 1.165) is 21.4 Å². The van der Waals surface area contributed by atoms with E-state index in [1.165, 1.54) is 11.5 Å². The van der Waals surface area contributed by atoms with Crippen molar-refractivity contribution in [1.29, 1.82) is 0 Å². The first-order chi connectivity index (χ1) is 13.6. The summed E-state index contributed by atoms with van der Waals surface area (Å²) >= 11 is 1.45. The topological polar surface area (TPSA) is 69.6 Å². The fraction of sp³-hybridized carbons (Fsp3) is 0.333. The average molecular weight is 398 g/mol. The molecule has 0 radical (unpaired) electrons. The number of hydrogen-bond donors (Lipinski definition) is 1. The summed E-state index contributed by atoms with van der Waals surface area (Å²) in [6, 6.07) is 13.2. The standard InChI is InChI=1S/C21H22N2O4S/c1-14(15-8-9-17-18(13-15)27-12-11-26-17)22-20(24)7-4-10-23-21(25)16-5-2-3-6-19(16)28-23/h2-3,5-6,8-9,13-14H,4,7,10-12H2,1H3,(H,22,24)/t14-/m1/s1. The van der Waals surface area contributed by atoms with Crippen LogP contribution in [0, 0.1) is 0 Å². The highest BCUT2D eigenvalue weighted by Crippen LogP contribution is 2.32. The first-order valence-electron chi connectivity index (χ1n) is 9.39. The monoisotopic (exact) mass is 398 g/mol. The van der Waals surface area contributed by atoms with Crippen LogP contribution >= 0.6 is 11.5 Å². The molecule has 1 aliphatic heterocycles. The first kappa shape index (κ1) is 18.6. The van der Waals surface area contributed by atoms with E-state index in [1.54, 1.807) is 3.96 Å². The van der Waals surface area contributed by atoms with Crippen molar-refractivity contribution in [3.63, 3.8) is 0 Å². The fourth-order valence-corrected chi connectivity index (χ4v) is 4.31. The summed E-state index contributed by atoms with van der Waals surface area (Å²) in [5.41, 5.74) is 0.990. The number of aryl methyl sites for hydroxylation is 1. The maximum Gasteiger partial charge on any atom is 0.268 e. The third-order valence-electron chi connectivity index (χ3n) is 4.76. The molecule has 0 aliphatic carbocycles. The normalized spacial score (nSPS) is 14.0. The smallest absolute Gasteiger partial charge is 0.268 e. The van der Waals surface area contributed by atoms with Crippen molar-refractivity contribution in [2.75, 3.05) is 13.2 Å². The summed E-state index contributed by atoms with van der Waals surface area (Å²) in [6.45, 7) is 3.58. The molecule has 1 aliphatic rings. The van der Waals surface area contributed by atoms with Gasteiger partial charge in [-0.05, 0) is 43.2 Å². The number of carbonyl (C=O) groups excluding carboxylic acids is 1. The molecule has 0 unspecified atom stereocenters. The Morgan fingerprint density at radius 1 is 1.18 bits per heavy atom. The van der Waals surface area contributed by atoms with Crippen molar-refractivity contribution in [1.82, 2.24) is 9.27 Å². The van der Waals surface area contributed by atoms with Crippen LogP contribution in [-0.4, -0.2) is 23.1 Å². The Kier molecular flexibility index (Phi) is 5.34. The van der Waals surface area contributed by atoms with Gasteiger partial charge in [-0.1, -0.05) is 29.7 Å². The number of nitrogens with one attached hydrogen (secondary N) is 1. The molecule has 7 heteroatoms. The van der Waals surface area contributed by atoms with Crippen molar-refractivity contribution in [2.24, 2.45) is 0 Å². The van der Waals surface area contributed by atoms with Gasteiger partial charge in [-0.2, -0.15) is 0 Å². The molecule has 146 valence electrons. The summed E-state index contributed by atoms with van der Waals surface area (Å²) in [7, 11) is 0. The number of benzene rings is 2. The van der Waals surface area contributed by atoms with Gasteiger partial charge in [0.25, 0.3) is 5.56 Å². The van der Waals surface area contributed by atoms with Crippen molar-refractivity contribution in [3.05, 3.63) is 58.4 Å². The quantitative estimate of drug-likeness (QED) is 0.690. The van der Waals surface area contributed by atoms with Crippen LogP contribution in [0.1, 0.15) is 31.4 Å². The zero-order valence-corrected chi connectivity index (χ0v) is 16.5. The van der Waals surface area contributed by atoms with Crippen LogP contribution < -0.4 is 20.3 Å². The highest BCUT2D eigenvalue weighted by atomic mass is 32.1. The largest absolute Gasteiger partial charge is 0.486 e. The van der Waals surface area contributed by atoms with Crippen LogP contribution in [0.2, 0.25) is 0 Å². The highest BCUT2D eigenvalue weighted by molar-refractivity contribution is 7.13. The molecule has 0 spiro atoms. The summed E-state index contributed by atoms with van der Waals surface area (Å²) in [5, 5.41) is 3.75. The van der Waals surface area contributed by atoms with E-state index in [4.69, 9.17) is 9.47 Å². The Hall–Kier alpha value is -2.80. The minimum absolute atomic E-state index is 0.0191. The Morgan fingerprint density at radius 2 is 1.96 bits per heavy atom. The summed E-state index contributed by atoms with van der Waals surface area (Å²) in [6.07, 6.45) is 0.988. The molecule has 0 saturated heterocycles. The van der Waals surface area contributed by atoms with Crippen LogP contribution in [0.5, 0.6) is 11.5 Å². The minimum Gasteiger partial charge on any atom is -0.486 e. The summed E-state index contributed by atoms with van der Waals surface area (Å²) in [5.74, 6) is 1.42. The molecule has 1 N–H and O–H groups in total. The summed E-state index contributed by atoms with van der Waals surface area (Å²) < 4.78 is 13.8. The predicted octanol–water partition coefficient (Wildman–Crippen LogP) is 3.49. The molecule has 6 nitrogen and oxygen atoms in total. The Bertz CT molecular complexity index is 1060. The lowest BCUT2D eigenvalue weighted by molar-refractivity contribution is -0.121. The lowest BCUT2D eigenvalue weighted by Crippen LogP contribution is -2.27. The Labute approximate surface area is 166 Å². The highest BCUT2D eigenvalue weighted by Gasteiger charge is 2.16. The Morgan fingerprint density at radius 3 is 2.79 bits per heavy atom. The van der Waals surface area contributed by atoms with E-state index >= 15 is 0 Å². The number of fused-ring (bicyclic) bond motifs is 2. The molecular formula is C21H22N2O4S. The molecule has 1 amide bonds.